The molecule has 0 unspecified atom stereocenters. The van der Waals surface area contributed by atoms with Gasteiger partial charge in [-0.25, -0.2) is 0 Å². The summed E-state index contributed by atoms with van der Waals surface area (Å²) in [4.78, 5) is 30.5. The molecule has 150 valence electrons. The second-order valence-electron chi connectivity index (χ2n) is 7.78. The number of benzene rings is 2. The van der Waals surface area contributed by atoms with Gasteiger partial charge in [-0.15, -0.1) is 0 Å². The molecule has 0 bridgehead atoms. The monoisotopic (exact) mass is 410 g/mol. The molecule has 1 aliphatic rings. The molecule has 0 N–H and O–H groups in total. The number of aryl methyl sites for hydroxylation is 1. The Morgan fingerprint density at radius 3 is 2.52 bits per heavy atom. The van der Waals surface area contributed by atoms with Gasteiger partial charge in [-0.1, -0.05) is 35.4 Å². The Hall–Kier alpha value is -2.63. The van der Waals surface area contributed by atoms with Gasteiger partial charge in [0.05, 0.1) is 17.0 Å². The van der Waals surface area contributed by atoms with Crippen LogP contribution in [0.4, 0.5) is 0 Å². The van der Waals surface area contributed by atoms with E-state index in [2.05, 4.69) is 4.90 Å². The van der Waals surface area contributed by atoms with E-state index >= 15 is 0 Å². The molecule has 2 aromatic carbocycles. The van der Waals surface area contributed by atoms with Crippen molar-refractivity contribution in [3.8, 4) is 0 Å². The Kier molecular flexibility index (Phi) is 5.19. The van der Waals surface area contributed by atoms with Crippen LogP contribution in [0.25, 0.3) is 11.0 Å². The van der Waals surface area contributed by atoms with Crippen LogP contribution in [-0.4, -0.2) is 42.9 Å². The first-order valence-corrected chi connectivity index (χ1v) is 10.0. The molecule has 1 amide bonds. The van der Waals surface area contributed by atoms with Crippen molar-refractivity contribution in [3.05, 3.63) is 80.2 Å². The lowest BCUT2D eigenvalue weighted by molar-refractivity contribution is 0.0722. The van der Waals surface area contributed by atoms with Gasteiger partial charge in [-0.3, -0.25) is 9.59 Å². The maximum Gasteiger partial charge on any atom is 0.290 e. The molecule has 3 aromatic rings. The summed E-state index contributed by atoms with van der Waals surface area (Å²) in [6.07, 6.45) is 0.795. The zero-order valence-corrected chi connectivity index (χ0v) is 17.5. The maximum atomic E-state index is 13.4. The topological polar surface area (TPSA) is 53.8 Å². The van der Waals surface area contributed by atoms with Gasteiger partial charge in [0, 0.05) is 11.6 Å². The average molecular weight is 411 g/mol. The molecule has 0 saturated heterocycles. The quantitative estimate of drug-likeness (QED) is 0.631. The lowest BCUT2D eigenvalue weighted by atomic mass is 9.98. The van der Waals surface area contributed by atoms with Crippen molar-refractivity contribution in [1.29, 1.82) is 0 Å². The first-order valence-electron chi connectivity index (χ1n) is 9.65. The van der Waals surface area contributed by atoms with Crippen LogP contribution in [-0.2, 0) is 0 Å². The molecule has 1 atom stereocenters. The number of halogens is 1. The Morgan fingerprint density at radius 2 is 1.83 bits per heavy atom. The standard InChI is InChI=1S/C23H23ClN2O3/c1-14-5-10-18-17(13-14)21(27)19-20(15-6-8-16(24)9-7-15)26(12-4-11-25(2)3)23(28)22(19)29-18/h5-10,13,20H,4,11-12H2,1-3H3/t20-/m1/s1. The molecule has 1 aromatic heterocycles. The fourth-order valence-electron chi connectivity index (χ4n) is 3.91. The molecular weight excluding hydrogens is 388 g/mol. The molecule has 6 heteroatoms. The predicted octanol–water partition coefficient (Wildman–Crippen LogP) is 4.25. The highest BCUT2D eigenvalue weighted by atomic mass is 35.5. The smallest absolute Gasteiger partial charge is 0.290 e. The van der Waals surface area contributed by atoms with Crippen molar-refractivity contribution < 1.29 is 9.21 Å². The molecule has 0 saturated carbocycles. The summed E-state index contributed by atoms with van der Waals surface area (Å²) >= 11 is 6.06. The van der Waals surface area contributed by atoms with E-state index in [0.717, 1.165) is 24.1 Å². The van der Waals surface area contributed by atoms with Crippen LogP contribution < -0.4 is 5.43 Å². The number of hydrogen-bond donors (Lipinski definition) is 0. The molecule has 0 aliphatic carbocycles. The lowest BCUT2D eigenvalue weighted by Crippen LogP contribution is -2.32. The van der Waals surface area contributed by atoms with E-state index in [1.165, 1.54) is 0 Å². The fraction of sp³-hybridized carbons (Fsp3) is 0.304. The molecule has 0 radical (unpaired) electrons. The van der Waals surface area contributed by atoms with Crippen molar-refractivity contribution in [2.24, 2.45) is 0 Å². The maximum absolute atomic E-state index is 13.4. The Labute approximate surface area is 174 Å². The fourth-order valence-corrected chi connectivity index (χ4v) is 4.04. The second kappa shape index (κ2) is 7.65. The number of amides is 1. The van der Waals surface area contributed by atoms with Gasteiger partial charge < -0.3 is 14.2 Å². The van der Waals surface area contributed by atoms with Crippen LogP contribution in [0, 0.1) is 6.92 Å². The summed E-state index contributed by atoms with van der Waals surface area (Å²) in [6.45, 7) is 3.31. The van der Waals surface area contributed by atoms with Crippen molar-refractivity contribution >= 4 is 28.5 Å². The summed E-state index contributed by atoms with van der Waals surface area (Å²) in [5, 5.41) is 1.12. The van der Waals surface area contributed by atoms with Crippen molar-refractivity contribution in [1.82, 2.24) is 9.80 Å². The van der Waals surface area contributed by atoms with E-state index in [-0.39, 0.29) is 17.1 Å². The van der Waals surface area contributed by atoms with E-state index in [1.807, 2.05) is 45.3 Å². The van der Waals surface area contributed by atoms with Gasteiger partial charge in [-0.05, 0) is 63.8 Å². The van der Waals surface area contributed by atoms with E-state index < -0.39 is 6.04 Å². The highest BCUT2D eigenvalue weighted by molar-refractivity contribution is 6.30. The van der Waals surface area contributed by atoms with Gasteiger partial charge in [0.15, 0.2) is 5.43 Å². The molecule has 4 rings (SSSR count). The molecule has 2 heterocycles. The third-order valence-electron chi connectivity index (χ3n) is 5.31. The normalized spacial score (nSPS) is 16.1. The Balaban J connectivity index is 1.88. The number of nitrogens with zero attached hydrogens (tertiary/aromatic N) is 2. The molecule has 1 aliphatic heterocycles. The lowest BCUT2D eigenvalue weighted by Gasteiger charge is -2.25. The SMILES string of the molecule is Cc1ccc2oc3c(c(=O)c2c1)[C@@H](c1ccc(Cl)cc1)N(CCCN(C)C)C3=O. The zero-order valence-electron chi connectivity index (χ0n) is 16.7. The number of hydrogen-bond acceptors (Lipinski definition) is 4. The van der Waals surface area contributed by atoms with E-state index in [1.54, 1.807) is 23.1 Å². The molecular formula is C23H23ClN2O3. The molecule has 0 fully saturated rings. The molecule has 5 nitrogen and oxygen atoms in total. The summed E-state index contributed by atoms with van der Waals surface area (Å²) in [6, 6.07) is 12.3. The number of carbonyl (C=O) groups is 1. The van der Waals surface area contributed by atoms with Crippen LogP contribution in [0.2, 0.25) is 5.02 Å². The van der Waals surface area contributed by atoms with Crippen molar-refractivity contribution in [2.75, 3.05) is 27.2 Å². The van der Waals surface area contributed by atoms with Crippen LogP contribution >= 0.6 is 11.6 Å². The van der Waals surface area contributed by atoms with Crippen molar-refractivity contribution in [2.45, 2.75) is 19.4 Å². The summed E-state index contributed by atoms with van der Waals surface area (Å²) in [5.74, 6) is -0.0885. The third kappa shape index (κ3) is 3.56. The van der Waals surface area contributed by atoms with Crippen LogP contribution in [0.1, 0.15) is 39.7 Å². The Morgan fingerprint density at radius 1 is 1.10 bits per heavy atom. The van der Waals surface area contributed by atoms with Gasteiger partial charge in [0.25, 0.3) is 5.91 Å². The number of rotatable bonds is 5. The highest BCUT2D eigenvalue weighted by Crippen LogP contribution is 2.38. The van der Waals surface area contributed by atoms with E-state index in [4.69, 9.17) is 16.0 Å². The summed E-state index contributed by atoms with van der Waals surface area (Å²) in [5.41, 5.74) is 2.54. The highest BCUT2D eigenvalue weighted by Gasteiger charge is 2.42. The van der Waals surface area contributed by atoms with Gasteiger partial charge in [0.1, 0.15) is 5.58 Å². The largest absolute Gasteiger partial charge is 0.450 e. The zero-order chi connectivity index (χ0) is 20.7. The van der Waals surface area contributed by atoms with Crippen LogP contribution in [0.3, 0.4) is 0 Å². The van der Waals surface area contributed by atoms with Crippen LogP contribution in [0.15, 0.2) is 51.7 Å². The third-order valence-corrected chi connectivity index (χ3v) is 5.56. The van der Waals surface area contributed by atoms with E-state index in [9.17, 15) is 9.59 Å². The predicted molar refractivity (Wildman–Crippen MR) is 115 cm³/mol. The summed E-state index contributed by atoms with van der Waals surface area (Å²) < 4.78 is 5.96. The number of fused-ring (bicyclic) bond motifs is 2. The second-order valence-corrected chi connectivity index (χ2v) is 8.22. The van der Waals surface area contributed by atoms with Crippen molar-refractivity contribution in [3.63, 3.8) is 0 Å². The van der Waals surface area contributed by atoms with E-state index in [0.29, 0.717) is 28.1 Å². The first-order chi connectivity index (χ1) is 13.9. The van der Waals surface area contributed by atoms with Gasteiger partial charge in [-0.2, -0.15) is 0 Å². The molecule has 0 spiro atoms. The van der Waals surface area contributed by atoms with Gasteiger partial charge >= 0.3 is 0 Å². The minimum atomic E-state index is -0.474. The summed E-state index contributed by atoms with van der Waals surface area (Å²) in [7, 11) is 3.99. The Bertz CT molecular complexity index is 1140. The van der Waals surface area contributed by atoms with Crippen LogP contribution in [0.5, 0.6) is 0 Å². The minimum Gasteiger partial charge on any atom is -0.450 e. The van der Waals surface area contributed by atoms with Gasteiger partial charge in [0.2, 0.25) is 5.76 Å². The first kappa shape index (κ1) is 19.7. The average Bonchev–Trinajstić information content (AvgIpc) is 2.95. The minimum absolute atomic E-state index is 0.145. The molecule has 29 heavy (non-hydrogen) atoms. The number of carbonyl (C=O) groups excluding carboxylic acids is 1.